The molecule has 2 N–H and O–H groups in total. The molecule has 0 heterocycles. The van der Waals surface area contributed by atoms with E-state index in [1.807, 2.05) is 0 Å². The molecule has 0 aliphatic carbocycles. The topological polar surface area (TPSA) is 119 Å². The number of rotatable bonds is 34. The first kappa shape index (κ1) is 44.5. The molecule has 0 rings (SSSR count). The Bertz CT molecular complexity index is 807. The first-order valence-corrected chi connectivity index (χ1v) is 20.2. The number of hydrogen-bond acceptors (Lipinski definition) is 6. The Balaban J connectivity index is 3.89. The van der Waals surface area contributed by atoms with Crippen molar-refractivity contribution in [2.24, 2.45) is 0 Å². The predicted octanol–water partition coefficient (Wildman–Crippen LogP) is 10.8. The van der Waals surface area contributed by atoms with Crippen LogP contribution in [0.1, 0.15) is 181 Å². The number of phosphoric ester groups is 1. The lowest BCUT2D eigenvalue weighted by Crippen LogP contribution is -2.29. The maximum atomic E-state index is 12.3. The molecule has 8 nitrogen and oxygen atoms in total. The van der Waals surface area contributed by atoms with Crippen molar-refractivity contribution in [3.05, 3.63) is 24.3 Å². The highest BCUT2D eigenvalue weighted by atomic mass is 31.2. The van der Waals surface area contributed by atoms with Crippen LogP contribution in [0.3, 0.4) is 0 Å². The van der Waals surface area contributed by atoms with Gasteiger partial charge in [0.1, 0.15) is 6.61 Å². The third-order valence-corrected chi connectivity index (χ3v) is 8.46. The molecule has 0 aromatic rings. The molecule has 0 radical (unpaired) electrons. The zero-order chi connectivity index (χ0) is 34.0. The van der Waals surface area contributed by atoms with E-state index < -0.39 is 32.5 Å². The van der Waals surface area contributed by atoms with Crippen molar-refractivity contribution in [3.8, 4) is 0 Å². The molecule has 0 amide bonds. The second kappa shape index (κ2) is 33.4. The second-order valence-corrected chi connectivity index (χ2v) is 13.8. The molecule has 0 aromatic heterocycles. The van der Waals surface area contributed by atoms with E-state index in [2.05, 4.69) is 42.7 Å². The Hall–Kier alpha value is -1.47. The molecule has 1 atom stereocenters. The Morgan fingerprint density at radius 2 is 0.978 bits per heavy atom. The van der Waals surface area contributed by atoms with Gasteiger partial charge in [0.15, 0.2) is 6.10 Å². The van der Waals surface area contributed by atoms with E-state index in [0.717, 1.165) is 51.4 Å². The molecule has 0 fully saturated rings. The van der Waals surface area contributed by atoms with Crippen LogP contribution in [0.15, 0.2) is 24.3 Å². The highest BCUT2D eigenvalue weighted by Crippen LogP contribution is 2.36. The standard InChI is InChI=1S/C37H69O8P/c1-3-5-7-9-11-13-14-15-16-17-18-19-20-21-22-24-25-27-29-31-36(38)43-33-35(34-44-46(40,41)42)45-37(39)32-30-28-26-23-12-10-8-6-4-2/h11,13,15-16,35H,3-10,12,14,17-34H2,1-2H3,(H2,40,41,42)/b13-11+,16-15+/t35-/m1/s1. The minimum Gasteiger partial charge on any atom is -0.462 e. The number of carbonyl (C=O) groups is 2. The summed E-state index contributed by atoms with van der Waals surface area (Å²) in [7, 11) is -4.74. The highest BCUT2D eigenvalue weighted by Gasteiger charge is 2.22. The number of ether oxygens (including phenoxy) is 2. The number of esters is 2. The molecule has 0 aromatic carbocycles. The summed E-state index contributed by atoms with van der Waals surface area (Å²) in [5, 5.41) is 0. The van der Waals surface area contributed by atoms with Gasteiger partial charge >= 0.3 is 19.8 Å². The summed E-state index contributed by atoms with van der Waals surface area (Å²) < 4.78 is 26.2. The number of hydrogen-bond donors (Lipinski definition) is 2. The molecule has 0 aliphatic rings. The van der Waals surface area contributed by atoms with Crippen LogP contribution in [0, 0.1) is 0 Å². The van der Waals surface area contributed by atoms with E-state index in [4.69, 9.17) is 19.3 Å². The molecule has 0 unspecified atom stereocenters. The van der Waals surface area contributed by atoms with Crippen molar-refractivity contribution in [2.45, 2.75) is 187 Å². The lowest BCUT2D eigenvalue weighted by atomic mass is 10.1. The fourth-order valence-electron chi connectivity index (χ4n) is 5.17. The van der Waals surface area contributed by atoms with Crippen LogP contribution >= 0.6 is 7.82 Å². The van der Waals surface area contributed by atoms with E-state index in [1.54, 1.807) is 0 Å². The summed E-state index contributed by atoms with van der Waals surface area (Å²) in [5.41, 5.74) is 0. The lowest BCUT2D eigenvalue weighted by Gasteiger charge is -2.18. The highest BCUT2D eigenvalue weighted by molar-refractivity contribution is 7.46. The van der Waals surface area contributed by atoms with Crippen molar-refractivity contribution < 1.29 is 37.9 Å². The van der Waals surface area contributed by atoms with Gasteiger partial charge in [-0.2, -0.15) is 0 Å². The van der Waals surface area contributed by atoms with Gasteiger partial charge in [0, 0.05) is 12.8 Å². The van der Waals surface area contributed by atoms with Crippen LogP contribution < -0.4 is 0 Å². The number of unbranched alkanes of at least 4 members (excludes halogenated alkanes) is 20. The van der Waals surface area contributed by atoms with Gasteiger partial charge in [-0.05, 0) is 44.9 Å². The van der Waals surface area contributed by atoms with Gasteiger partial charge in [0.2, 0.25) is 0 Å². The fraction of sp³-hybridized carbons (Fsp3) is 0.838. The smallest absolute Gasteiger partial charge is 0.462 e. The molecular formula is C37H69O8P. The largest absolute Gasteiger partial charge is 0.469 e. The van der Waals surface area contributed by atoms with Gasteiger partial charge in [0.25, 0.3) is 0 Å². The molecule has 0 saturated heterocycles. The monoisotopic (exact) mass is 672 g/mol. The van der Waals surface area contributed by atoms with Gasteiger partial charge in [0.05, 0.1) is 6.61 Å². The van der Waals surface area contributed by atoms with Crippen LogP contribution in [0.2, 0.25) is 0 Å². The van der Waals surface area contributed by atoms with Crippen LogP contribution in [0.5, 0.6) is 0 Å². The van der Waals surface area contributed by atoms with Crippen LogP contribution in [-0.2, 0) is 28.2 Å². The van der Waals surface area contributed by atoms with Crippen molar-refractivity contribution >= 4 is 19.8 Å². The van der Waals surface area contributed by atoms with E-state index in [1.165, 1.54) is 96.3 Å². The Labute approximate surface area is 281 Å². The van der Waals surface area contributed by atoms with Crippen LogP contribution in [0.25, 0.3) is 0 Å². The van der Waals surface area contributed by atoms with E-state index in [0.29, 0.717) is 6.42 Å². The van der Waals surface area contributed by atoms with Crippen LogP contribution in [0.4, 0.5) is 0 Å². The molecule has 0 saturated carbocycles. The molecule has 0 bridgehead atoms. The summed E-state index contributed by atoms with van der Waals surface area (Å²) in [6.07, 6.45) is 36.2. The molecule has 9 heteroatoms. The van der Waals surface area contributed by atoms with Crippen molar-refractivity contribution in [3.63, 3.8) is 0 Å². The van der Waals surface area contributed by atoms with E-state index >= 15 is 0 Å². The normalized spacial score (nSPS) is 12.7. The lowest BCUT2D eigenvalue weighted by molar-refractivity contribution is -0.161. The predicted molar refractivity (Wildman–Crippen MR) is 189 cm³/mol. The first-order valence-electron chi connectivity index (χ1n) is 18.6. The Kier molecular flexibility index (Phi) is 32.4. The molecule has 0 spiro atoms. The van der Waals surface area contributed by atoms with Crippen molar-refractivity contribution in [2.75, 3.05) is 13.2 Å². The molecule has 270 valence electrons. The third kappa shape index (κ3) is 35.4. The maximum absolute atomic E-state index is 12.3. The quantitative estimate of drug-likeness (QED) is 0.0300. The Morgan fingerprint density at radius 1 is 0.565 bits per heavy atom. The molecule has 46 heavy (non-hydrogen) atoms. The summed E-state index contributed by atoms with van der Waals surface area (Å²) in [4.78, 5) is 42.5. The van der Waals surface area contributed by atoms with E-state index in [9.17, 15) is 14.2 Å². The van der Waals surface area contributed by atoms with Gasteiger partial charge < -0.3 is 19.3 Å². The van der Waals surface area contributed by atoms with Gasteiger partial charge in [-0.1, -0.05) is 147 Å². The summed E-state index contributed by atoms with van der Waals surface area (Å²) in [6, 6.07) is 0. The van der Waals surface area contributed by atoms with Gasteiger partial charge in [-0.3, -0.25) is 14.1 Å². The number of carbonyl (C=O) groups excluding carboxylic acids is 2. The molecule has 0 aliphatic heterocycles. The van der Waals surface area contributed by atoms with Crippen molar-refractivity contribution in [1.29, 1.82) is 0 Å². The SMILES string of the molecule is CCCCC/C=C/C/C=C/CCCCCCCCCCCC(=O)OC[C@H](COP(=O)(O)O)OC(=O)CCCCCCCCCCC. The first-order chi connectivity index (χ1) is 22.3. The van der Waals surface area contributed by atoms with Gasteiger partial charge in [-0.15, -0.1) is 0 Å². The maximum Gasteiger partial charge on any atom is 0.469 e. The minimum atomic E-state index is -4.74. The summed E-state index contributed by atoms with van der Waals surface area (Å²) in [6.45, 7) is 3.62. The van der Waals surface area contributed by atoms with Crippen molar-refractivity contribution in [1.82, 2.24) is 0 Å². The zero-order valence-corrected chi connectivity index (χ0v) is 30.4. The molecular weight excluding hydrogens is 603 g/mol. The number of allylic oxidation sites excluding steroid dienone is 4. The second-order valence-electron chi connectivity index (χ2n) is 12.6. The third-order valence-electron chi connectivity index (χ3n) is 7.97. The average Bonchev–Trinajstić information content (AvgIpc) is 3.02. The van der Waals surface area contributed by atoms with E-state index in [-0.39, 0.29) is 19.4 Å². The average molecular weight is 673 g/mol. The number of phosphoric acid groups is 1. The zero-order valence-electron chi connectivity index (χ0n) is 29.5. The van der Waals surface area contributed by atoms with Gasteiger partial charge in [-0.25, -0.2) is 4.57 Å². The fourth-order valence-corrected chi connectivity index (χ4v) is 5.53. The summed E-state index contributed by atoms with van der Waals surface area (Å²) >= 11 is 0. The Morgan fingerprint density at radius 3 is 1.48 bits per heavy atom. The van der Waals surface area contributed by atoms with Crippen LogP contribution in [-0.4, -0.2) is 41.0 Å². The minimum absolute atomic E-state index is 0.213. The summed E-state index contributed by atoms with van der Waals surface area (Å²) in [5.74, 6) is -0.889.